The summed E-state index contributed by atoms with van der Waals surface area (Å²) in [5.74, 6) is -0.402. The molecule has 4 heteroatoms. The molecule has 0 aliphatic heterocycles. The zero-order chi connectivity index (χ0) is 9.84. The second-order valence-electron chi connectivity index (χ2n) is 2.95. The van der Waals surface area contributed by atoms with Gasteiger partial charge < -0.3 is 14.9 Å². The number of rotatable bonds is 3. The van der Waals surface area contributed by atoms with Crippen molar-refractivity contribution in [1.82, 2.24) is 0 Å². The number of Topliss-reactive ketones (excluding diaryl/α,β-unsaturated/α-hetero) is 1. The van der Waals surface area contributed by atoms with E-state index < -0.39 is 6.29 Å². The SMILES string of the molecule is CCOC(O)C(O)=C1CCCC1=O. The van der Waals surface area contributed by atoms with Crippen LogP contribution in [0.5, 0.6) is 0 Å². The van der Waals surface area contributed by atoms with E-state index in [1.54, 1.807) is 6.92 Å². The fourth-order valence-corrected chi connectivity index (χ4v) is 1.37. The van der Waals surface area contributed by atoms with E-state index in [0.29, 0.717) is 25.0 Å². The lowest BCUT2D eigenvalue weighted by Crippen LogP contribution is -2.17. The fraction of sp³-hybridized carbons (Fsp3) is 0.667. The highest BCUT2D eigenvalue weighted by Gasteiger charge is 2.24. The van der Waals surface area contributed by atoms with Crippen LogP contribution in [0.3, 0.4) is 0 Å². The number of hydrogen-bond donors (Lipinski definition) is 2. The van der Waals surface area contributed by atoms with Gasteiger partial charge in [-0.3, -0.25) is 4.79 Å². The summed E-state index contributed by atoms with van der Waals surface area (Å²) in [6.45, 7) is 2.00. The molecule has 0 aromatic carbocycles. The van der Waals surface area contributed by atoms with Crippen molar-refractivity contribution in [2.75, 3.05) is 6.61 Å². The van der Waals surface area contributed by atoms with E-state index in [0.717, 1.165) is 6.42 Å². The molecular weight excluding hydrogens is 172 g/mol. The van der Waals surface area contributed by atoms with Gasteiger partial charge in [0.15, 0.2) is 11.5 Å². The van der Waals surface area contributed by atoms with E-state index in [4.69, 9.17) is 4.74 Å². The zero-order valence-corrected chi connectivity index (χ0v) is 7.62. The first-order chi connectivity index (χ1) is 6.16. The van der Waals surface area contributed by atoms with Gasteiger partial charge in [0, 0.05) is 18.6 Å². The van der Waals surface area contributed by atoms with Crippen LogP contribution in [0.15, 0.2) is 11.3 Å². The van der Waals surface area contributed by atoms with Crippen LogP contribution in [0.1, 0.15) is 26.2 Å². The predicted molar refractivity (Wildman–Crippen MR) is 46.1 cm³/mol. The van der Waals surface area contributed by atoms with Crippen molar-refractivity contribution >= 4 is 5.78 Å². The highest BCUT2D eigenvalue weighted by molar-refractivity contribution is 5.97. The lowest BCUT2D eigenvalue weighted by atomic mass is 10.2. The lowest BCUT2D eigenvalue weighted by molar-refractivity contribution is -0.116. The van der Waals surface area contributed by atoms with Crippen LogP contribution in [-0.4, -0.2) is 28.9 Å². The smallest absolute Gasteiger partial charge is 0.214 e. The van der Waals surface area contributed by atoms with Crippen molar-refractivity contribution in [3.05, 3.63) is 11.3 Å². The first-order valence-electron chi connectivity index (χ1n) is 4.41. The molecule has 0 bridgehead atoms. The lowest BCUT2D eigenvalue weighted by Gasteiger charge is -2.11. The van der Waals surface area contributed by atoms with E-state index >= 15 is 0 Å². The number of allylic oxidation sites excluding steroid dienone is 1. The van der Waals surface area contributed by atoms with Gasteiger partial charge in [-0.2, -0.15) is 0 Å². The van der Waals surface area contributed by atoms with Crippen molar-refractivity contribution in [2.45, 2.75) is 32.5 Å². The van der Waals surface area contributed by atoms with Crippen LogP contribution in [0.25, 0.3) is 0 Å². The Bertz CT molecular complexity index is 232. The molecule has 4 nitrogen and oxygen atoms in total. The van der Waals surface area contributed by atoms with Crippen LogP contribution in [0.2, 0.25) is 0 Å². The minimum atomic E-state index is -1.35. The highest BCUT2D eigenvalue weighted by atomic mass is 16.6. The molecule has 1 unspecified atom stereocenters. The number of aliphatic hydroxyl groups is 2. The molecule has 1 aliphatic rings. The van der Waals surface area contributed by atoms with Gasteiger partial charge in [0.25, 0.3) is 0 Å². The highest BCUT2D eigenvalue weighted by Crippen LogP contribution is 2.24. The van der Waals surface area contributed by atoms with Gasteiger partial charge in [-0.1, -0.05) is 0 Å². The summed E-state index contributed by atoms with van der Waals surface area (Å²) in [5, 5.41) is 18.6. The summed E-state index contributed by atoms with van der Waals surface area (Å²) in [7, 11) is 0. The molecule has 1 rings (SSSR count). The van der Waals surface area contributed by atoms with Gasteiger partial charge in [0.1, 0.15) is 0 Å². The van der Waals surface area contributed by atoms with Crippen molar-refractivity contribution in [3.8, 4) is 0 Å². The Balaban J connectivity index is 2.72. The normalized spacial score (nSPS) is 23.4. The van der Waals surface area contributed by atoms with E-state index in [2.05, 4.69) is 0 Å². The maximum absolute atomic E-state index is 11.1. The molecule has 0 heterocycles. The van der Waals surface area contributed by atoms with Crippen molar-refractivity contribution in [3.63, 3.8) is 0 Å². The fourth-order valence-electron chi connectivity index (χ4n) is 1.37. The Morgan fingerprint density at radius 2 is 2.31 bits per heavy atom. The van der Waals surface area contributed by atoms with E-state index in [-0.39, 0.29) is 11.5 Å². The first-order valence-corrected chi connectivity index (χ1v) is 4.41. The maximum atomic E-state index is 11.1. The summed E-state index contributed by atoms with van der Waals surface area (Å²) in [4.78, 5) is 11.1. The molecule has 13 heavy (non-hydrogen) atoms. The quantitative estimate of drug-likeness (QED) is 0.390. The molecular formula is C9H14O4. The molecule has 1 fully saturated rings. The van der Waals surface area contributed by atoms with Crippen LogP contribution in [0.4, 0.5) is 0 Å². The summed E-state index contributed by atoms with van der Waals surface area (Å²) in [5.41, 5.74) is 0.320. The van der Waals surface area contributed by atoms with Crippen molar-refractivity contribution in [1.29, 1.82) is 0 Å². The Morgan fingerprint density at radius 3 is 2.77 bits per heavy atom. The van der Waals surface area contributed by atoms with Gasteiger partial charge in [0.2, 0.25) is 6.29 Å². The van der Waals surface area contributed by atoms with E-state index in [1.165, 1.54) is 0 Å². The molecule has 1 saturated carbocycles. The number of carbonyl (C=O) groups is 1. The number of hydrogen-bond acceptors (Lipinski definition) is 4. The van der Waals surface area contributed by atoms with E-state index in [9.17, 15) is 15.0 Å². The van der Waals surface area contributed by atoms with Crippen LogP contribution < -0.4 is 0 Å². The Hall–Kier alpha value is -0.870. The summed E-state index contributed by atoms with van der Waals surface area (Å²) in [6.07, 6.45) is 0.395. The summed E-state index contributed by atoms with van der Waals surface area (Å²) in [6, 6.07) is 0. The average Bonchev–Trinajstić information content (AvgIpc) is 2.50. The number of aliphatic hydroxyl groups excluding tert-OH is 2. The Labute approximate surface area is 76.8 Å². The Morgan fingerprint density at radius 1 is 1.62 bits per heavy atom. The van der Waals surface area contributed by atoms with Gasteiger partial charge in [-0.05, 0) is 19.8 Å². The molecule has 0 saturated heterocycles. The second-order valence-corrected chi connectivity index (χ2v) is 2.95. The van der Waals surface area contributed by atoms with Gasteiger partial charge in [-0.15, -0.1) is 0 Å². The standard InChI is InChI=1S/C9H14O4/c1-2-13-9(12)8(11)6-4-3-5-7(6)10/h9,11-12H,2-5H2,1H3. The van der Waals surface area contributed by atoms with Crippen molar-refractivity contribution < 1.29 is 19.7 Å². The molecule has 0 amide bonds. The monoisotopic (exact) mass is 186 g/mol. The molecule has 0 aromatic rings. The third kappa shape index (κ3) is 2.29. The topological polar surface area (TPSA) is 66.8 Å². The summed E-state index contributed by atoms with van der Waals surface area (Å²) >= 11 is 0. The van der Waals surface area contributed by atoms with Gasteiger partial charge in [-0.25, -0.2) is 0 Å². The molecule has 0 aromatic heterocycles. The van der Waals surface area contributed by atoms with Crippen LogP contribution in [0, 0.1) is 0 Å². The molecule has 1 aliphatic carbocycles. The predicted octanol–water partition coefficient (Wildman–Crippen LogP) is 0.906. The third-order valence-electron chi connectivity index (χ3n) is 2.03. The van der Waals surface area contributed by atoms with Crippen LogP contribution >= 0.6 is 0 Å². The number of carbonyl (C=O) groups excluding carboxylic acids is 1. The largest absolute Gasteiger partial charge is 0.507 e. The average molecular weight is 186 g/mol. The molecule has 1 atom stereocenters. The minimum absolute atomic E-state index is 0.0868. The Kier molecular flexibility index (Phi) is 3.45. The van der Waals surface area contributed by atoms with Gasteiger partial charge in [0.05, 0.1) is 0 Å². The van der Waals surface area contributed by atoms with Crippen LogP contribution in [-0.2, 0) is 9.53 Å². The molecule has 0 spiro atoms. The zero-order valence-electron chi connectivity index (χ0n) is 7.62. The third-order valence-corrected chi connectivity index (χ3v) is 2.03. The molecule has 2 N–H and O–H groups in total. The maximum Gasteiger partial charge on any atom is 0.214 e. The van der Waals surface area contributed by atoms with Gasteiger partial charge >= 0.3 is 0 Å². The van der Waals surface area contributed by atoms with Crippen molar-refractivity contribution in [2.24, 2.45) is 0 Å². The van der Waals surface area contributed by atoms with E-state index in [1.807, 2.05) is 0 Å². The molecule has 0 radical (unpaired) electrons. The molecule has 74 valence electrons. The second kappa shape index (κ2) is 4.39. The number of ketones is 1. The first kappa shape index (κ1) is 10.2. The number of ether oxygens (including phenoxy) is 1. The summed E-state index contributed by atoms with van der Waals surface area (Å²) < 4.78 is 4.76. The minimum Gasteiger partial charge on any atom is -0.507 e.